The smallest absolute Gasteiger partial charge is 0.412 e. The number of benzene rings is 2. The van der Waals surface area contributed by atoms with Gasteiger partial charge in [-0.1, -0.05) is 19.9 Å². The van der Waals surface area contributed by atoms with E-state index in [1.54, 1.807) is 53.6 Å². The fraction of sp³-hybridized carbons (Fsp3) is 0.304. The third-order valence-electron chi connectivity index (χ3n) is 4.88. The van der Waals surface area contributed by atoms with Gasteiger partial charge in [0.15, 0.2) is 0 Å². The zero-order valence-corrected chi connectivity index (χ0v) is 21.1. The monoisotopic (exact) mass is 570 g/mol. The van der Waals surface area contributed by atoms with Crippen LogP contribution in [0.5, 0.6) is 5.75 Å². The summed E-state index contributed by atoms with van der Waals surface area (Å²) in [5.74, 6) is -0.575. The van der Waals surface area contributed by atoms with Crippen LogP contribution in [0.1, 0.15) is 38.4 Å². The highest BCUT2D eigenvalue weighted by molar-refractivity contribution is 14.1. The maximum Gasteiger partial charge on any atom is 0.412 e. The van der Waals surface area contributed by atoms with Crippen LogP contribution >= 0.6 is 34.4 Å². The van der Waals surface area contributed by atoms with Crippen LogP contribution in [0.25, 0.3) is 0 Å². The maximum absolute atomic E-state index is 12.7. The van der Waals surface area contributed by atoms with Crippen LogP contribution in [0.2, 0.25) is 0 Å². The number of phenols is 1. The Morgan fingerprint density at radius 1 is 1.22 bits per heavy atom. The largest absolute Gasteiger partial charge is 0.508 e. The number of nitrogens with one attached hydrogen (secondary N) is 2. The number of carbonyl (C=O) groups excluding carboxylic acids is 2. The number of phenolic OH excluding ortho intramolecular Hbond substituents is 1. The molecule has 2 aromatic carbocycles. The van der Waals surface area contributed by atoms with E-state index >= 15 is 0 Å². The molecular formula is C23H27IN2O5S. The Balaban J connectivity index is 2.23. The van der Waals surface area contributed by atoms with Crippen molar-refractivity contribution < 1.29 is 24.6 Å². The number of hydrogen-bond acceptors (Lipinski definition) is 6. The molecule has 2 amide bonds. The van der Waals surface area contributed by atoms with Gasteiger partial charge in [0.1, 0.15) is 11.9 Å². The third-order valence-corrected chi connectivity index (χ3v) is 6.29. The SMILES string of the molecule is CSc1ccc(NC(=O)O[C@@H](c2cc(I)ccc2O)C(C)(C)CC/C=C/C(=O)NO)cc1. The van der Waals surface area contributed by atoms with Gasteiger partial charge in [-0.2, -0.15) is 0 Å². The van der Waals surface area contributed by atoms with Gasteiger partial charge in [0.2, 0.25) is 0 Å². The zero-order chi connectivity index (χ0) is 23.7. The van der Waals surface area contributed by atoms with Crippen molar-refractivity contribution in [3.05, 3.63) is 63.8 Å². The van der Waals surface area contributed by atoms with Gasteiger partial charge in [-0.15, -0.1) is 11.8 Å². The second-order valence-electron chi connectivity index (χ2n) is 7.75. The van der Waals surface area contributed by atoms with Gasteiger partial charge in [0.05, 0.1) is 0 Å². The Hall–Kier alpha value is -2.24. The quantitative estimate of drug-likeness (QED) is 0.0987. The Labute approximate surface area is 205 Å². The molecule has 0 aromatic heterocycles. The summed E-state index contributed by atoms with van der Waals surface area (Å²) in [7, 11) is 0. The Morgan fingerprint density at radius 3 is 2.53 bits per heavy atom. The van der Waals surface area contributed by atoms with E-state index in [0.29, 0.717) is 24.1 Å². The molecule has 0 spiro atoms. The molecular weight excluding hydrogens is 543 g/mol. The number of thioether (sulfide) groups is 1. The lowest BCUT2D eigenvalue weighted by Gasteiger charge is -2.34. The van der Waals surface area contributed by atoms with Gasteiger partial charge >= 0.3 is 6.09 Å². The van der Waals surface area contributed by atoms with E-state index in [0.717, 1.165) is 8.47 Å². The van der Waals surface area contributed by atoms with Crippen LogP contribution in [-0.2, 0) is 9.53 Å². The fourth-order valence-corrected chi connectivity index (χ4v) is 4.05. The summed E-state index contributed by atoms with van der Waals surface area (Å²) in [6.07, 6.45) is 4.52. The number of ether oxygens (including phenoxy) is 1. The Morgan fingerprint density at radius 2 is 1.91 bits per heavy atom. The highest BCUT2D eigenvalue weighted by Gasteiger charge is 2.35. The molecule has 32 heavy (non-hydrogen) atoms. The van der Waals surface area contributed by atoms with E-state index in [-0.39, 0.29) is 5.75 Å². The Kier molecular flexibility index (Phi) is 9.85. The molecule has 2 aromatic rings. The fourth-order valence-electron chi connectivity index (χ4n) is 3.12. The normalized spacial score (nSPS) is 12.4. The molecule has 172 valence electrons. The minimum Gasteiger partial charge on any atom is -0.508 e. The number of carbonyl (C=O) groups is 2. The standard InChI is InChI=1S/C23H27IN2O5S/c1-23(2,13-5-4-6-20(28)26-30)21(18-14-15(24)7-12-19(18)27)31-22(29)25-16-8-10-17(32-3)11-9-16/h4,6-12,14,21,27,30H,5,13H2,1-3H3,(H,25,29)(H,26,28)/b6-4+/t21-/m0/s1. The first kappa shape index (κ1) is 26.0. The van der Waals surface area contributed by atoms with E-state index in [4.69, 9.17) is 9.94 Å². The van der Waals surface area contributed by atoms with Crippen molar-refractivity contribution in [1.29, 1.82) is 0 Å². The molecule has 0 heterocycles. The predicted octanol–water partition coefficient (Wildman–Crippen LogP) is 5.88. The van der Waals surface area contributed by atoms with Gasteiger partial charge < -0.3 is 9.84 Å². The summed E-state index contributed by atoms with van der Waals surface area (Å²) in [5, 5.41) is 21.8. The molecule has 0 aliphatic carbocycles. The van der Waals surface area contributed by atoms with Gasteiger partial charge in [0, 0.05) is 31.2 Å². The van der Waals surface area contributed by atoms with Gasteiger partial charge in [-0.25, -0.2) is 10.3 Å². The first-order valence-electron chi connectivity index (χ1n) is 9.87. The number of halogens is 1. The second kappa shape index (κ2) is 12.1. The molecule has 2 rings (SSSR count). The summed E-state index contributed by atoms with van der Waals surface area (Å²) in [6.45, 7) is 3.86. The molecule has 0 fully saturated rings. The molecule has 0 aliphatic heterocycles. The maximum atomic E-state index is 12.7. The van der Waals surface area contributed by atoms with E-state index in [1.807, 2.05) is 32.2 Å². The zero-order valence-electron chi connectivity index (χ0n) is 18.1. The average Bonchev–Trinajstić information content (AvgIpc) is 2.77. The summed E-state index contributed by atoms with van der Waals surface area (Å²) in [4.78, 5) is 25.0. The number of amides is 2. The number of allylic oxidation sites excluding steroid dienone is 1. The van der Waals surface area contributed by atoms with Crippen LogP contribution < -0.4 is 10.8 Å². The van der Waals surface area contributed by atoms with Crippen LogP contribution in [-0.4, -0.2) is 28.6 Å². The lowest BCUT2D eigenvalue weighted by molar-refractivity contribution is -0.124. The summed E-state index contributed by atoms with van der Waals surface area (Å²) in [6, 6.07) is 12.5. The number of hydrogen-bond donors (Lipinski definition) is 4. The van der Waals surface area contributed by atoms with Crippen molar-refractivity contribution in [2.24, 2.45) is 5.41 Å². The van der Waals surface area contributed by atoms with Crippen molar-refractivity contribution in [2.75, 3.05) is 11.6 Å². The van der Waals surface area contributed by atoms with Gasteiger partial charge in [-0.3, -0.25) is 15.3 Å². The van der Waals surface area contributed by atoms with E-state index < -0.39 is 23.5 Å². The van der Waals surface area contributed by atoms with E-state index in [9.17, 15) is 14.7 Å². The molecule has 0 saturated heterocycles. The second-order valence-corrected chi connectivity index (χ2v) is 9.87. The number of hydroxylamine groups is 1. The van der Waals surface area contributed by atoms with Crippen molar-refractivity contribution in [3.8, 4) is 5.75 Å². The topological polar surface area (TPSA) is 108 Å². The molecule has 7 nitrogen and oxygen atoms in total. The van der Waals surface area contributed by atoms with Crippen LogP contribution in [0.4, 0.5) is 10.5 Å². The average molecular weight is 570 g/mol. The number of anilines is 1. The van der Waals surface area contributed by atoms with Gasteiger partial charge in [-0.05, 0) is 84.2 Å². The minimum atomic E-state index is -0.747. The van der Waals surface area contributed by atoms with Crippen LogP contribution in [0.15, 0.2) is 59.5 Å². The highest BCUT2D eigenvalue weighted by atomic mass is 127. The summed E-state index contributed by atoms with van der Waals surface area (Å²) < 4.78 is 6.73. The van der Waals surface area contributed by atoms with E-state index in [1.165, 1.54) is 6.08 Å². The van der Waals surface area contributed by atoms with Crippen LogP contribution in [0.3, 0.4) is 0 Å². The Bertz CT molecular complexity index is 963. The summed E-state index contributed by atoms with van der Waals surface area (Å²) in [5.41, 5.74) is 2.07. The number of rotatable bonds is 9. The molecule has 0 unspecified atom stereocenters. The molecule has 4 N–H and O–H groups in total. The van der Waals surface area contributed by atoms with Crippen molar-refractivity contribution in [1.82, 2.24) is 5.48 Å². The lowest BCUT2D eigenvalue weighted by atomic mass is 9.78. The van der Waals surface area contributed by atoms with Crippen molar-refractivity contribution in [2.45, 2.75) is 37.7 Å². The molecule has 9 heteroatoms. The first-order chi connectivity index (χ1) is 15.2. The van der Waals surface area contributed by atoms with Crippen molar-refractivity contribution >= 4 is 52.0 Å². The third kappa shape index (κ3) is 7.72. The predicted molar refractivity (Wildman–Crippen MR) is 134 cm³/mol. The van der Waals surface area contributed by atoms with Gasteiger partial charge in [0.25, 0.3) is 5.91 Å². The first-order valence-corrected chi connectivity index (χ1v) is 12.2. The number of aromatic hydroxyl groups is 1. The summed E-state index contributed by atoms with van der Waals surface area (Å²) >= 11 is 3.75. The molecule has 0 aliphatic rings. The minimum absolute atomic E-state index is 0.0378. The van der Waals surface area contributed by atoms with Crippen LogP contribution in [0, 0.1) is 8.99 Å². The van der Waals surface area contributed by atoms with Crippen molar-refractivity contribution in [3.63, 3.8) is 0 Å². The van der Waals surface area contributed by atoms with E-state index in [2.05, 4.69) is 27.9 Å². The lowest BCUT2D eigenvalue weighted by Crippen LogP contribution is -2.29. The molecule has 0 radical (unpaired) electrons. The molecule has 0 bridgehead atoms. The molecule has 1 atom stereocenters. The highest BCUT2D eigenvalue weighted by Crippen LogP contribution is 2.44. The molecule has 0 saturated carbocycles.